The number of nitrogens with two attached hydrogens (primary N) is 1. The van der Waals surface area contributed by atoms with Crippen molar-refractivity contribution in [1.29, 1.82) is 0 Å². The molecule has 5 aliphatic rings. The van der Waals surface area contributed by atoms with E-state index in [1.165, 1.54) is 36.8 Å². The molecule has 194 valence electrons. The summed E-state index contributed by atoms with van der Waals surface area (Å²) in [5, 5.41) is 3.70. The predicted octanol–water partition coefficient (Wildman–Crippen LogP) is 6.17. The number of nitrogens with one attached hydrogen (secondary N) is 1. The van der Waals surface area contributed by atoms with E-state index in [1.54, 1.807) is 5.57 Å². The second-order valence-corrected chi connectivity index (χ2v) is 15.0. The van der Waals surface area contributed by atoms with Crippen molar-refractivity contribution >= 4 is 33.3 Å². The fourth-order valence-electron chi connectivity index (χ4n) is 8.93. The first kappa shape index (κ1) is 24.9. The first-order chi connectivity index (χ1) is 17.4. The molecular formula is C30H41N3OS2. The Morgan fingerprint density at radius 1 is 1.17 bits per heavy atom. The van der Waals surface area contributed by atoms with Crippen LogP contribution in [-0.2, 0) is 11.2 Å². The number of nitrogens with zero attached hydrogens (tertiary/aromatic N) is 1. The van der Waals surface area contributed by atoms with Gasteiger partial charge in [-0.05, 0) is 79.8 Å². The maximum Gasteiger partial charge on any atom is 0.189 e. The lowest BCUT2D eigenvalue weighted by molar-refractivity contribution is -0.120. The van der Waals surface area contributed by atoms with Crippen molar-refractivity contribution in [3.8, 4) is 0 Å². The summed E-state index contributed by atoms with van der Waals surface area (Å²) in [4.78, 5) is 18.2. The molecule has 4 nitrogen and oxygen atoms in total. The molecular weight excluding hydrogens is 482 g/mol. The Balaban J connectivity index is 1.32. The highest BCUT2D eigenvalue weighted by atomic mass is 33.1. The Labute approximate surface area is 224 Å². The Morgan fingerprint density at radius 2 is 2.00 bits per heavy atom. The number of carbonyl (C=O) groups excluding carboxylic acids is 1. The number of ketones is 1. The lowest BCUT2D eigenvalue weighted by Crippen LogP contribution is -2.61. The highest BCUT2D eigenvalue weighted by Crippen LogP contribution is 2.73. The third-order valence-corrected chi connectivity index (χ3v) is 13.5. The molecule has 2 spiro atoms. The largest absolute Gasteiger partial charge is 0.370 e. The van der Waals surface area contributed by atoms with Crippen LogP contribution in [0.4, 0.5) is 0 Å². The molecule has 6 heteroatoms. The minimum Gasteiger partial charge on any atom is -0.370 e. The summed E-state index contributed by atoms with van der Waals surface area (Å²) in [6.07, 6.45) is 9.82. The van der Waals surface area contributed by atoms with Crippen molar-refractivity contribution < 1.29 is 4.79 Å². The van der Waals surface area contributed by atoms with E-state index in [4.69, 9.17) is 5.73 Å². The first-order valence-electron chi connectivity index (χ1n) is 14.0. The molecule has 1 aromatic carbocycles. The molecule has 2 saturated carbocycles. The van der Waals surface area contributed by atoms with E-state index in [0.29, 0.717) is 23.6 Å². The molecule has 6 rings (SSSR count). The fraction of sp³-hybridized carbons (Fsp3) is 0.667. The summed E-state index contributed by atoms with van der Waals surface area (Å²) < 4.78 is 0. The summed E-state index contributed by atoms with van der Waals surface area (Å²) in [5.41, 5.74) is 10.8. The topological polar surface area (TPSA) is 67.5 Å². The van der Waals surface area contributed by atoms with Crippen LogP contribution >= 0.6 is 21.6 Å². The molecule has 36 heavy (non-hydrogen) atoms. The third kappa shape index (κ3) is 3.80. The number of hydrogen-bond acceptors (Lipinski definition) is 6. The monoisotopic (exact) mass is 523 g/mol. The summed E-state index contributed by atoms with van der Waals surface area (Å²) in [5.74, 6) is 5.01. The highest BCUT2D eigenvalue weighted by molar-refractivity contribution is 8.76. The third-order valence-electron chi connectivity index (χ3n) is 11.0. The van der Waals surface area contributed by atoms with Crippen molar-refractivity contribution in [3.63, 3.8) is 0 Å². The van der Waals surface area contributed by atoms with Crippen LogP contribution in [0.2, 0.25) is 0 Å². The standard InChI is InChI=1S/C30H41N3OS2/c1-20-10-11-22-16-25-24-9-6-12-29(19-36-35-14-13-28(22,2)30(20,25)17-26(24)34)23(18-32-27(31)33-29)15-21-7-4-3-5-8-21/h3-5,7-8,20,22-23H,6,9-19H2,1-2H3,(H3,31,32,33)/t20-,22-,23+,28-,29+,30-/m0/s1. The van der Waals surface area contributed by atoms with Crippen LogP contribution in [-0.4, -0.2) is 35.3 Å². The van der Waals surface area contributed by atoms with E-state index in [1.807, 2.05) is 21.6 Å². The molecule has 0 aromatic heterocycles. The summed E-state index contributed by atoms with van der Waals surface area (Å²) in [6.45, 7) is 5.78. The number of Topliss-reactive ketones (excluding diaryl/α,β-unsaturated/α-hetero) is 1. The minimum absolute atomic E-state index is 0.0932. The molecule has 6 atom stereocenters. The normalized spacial score (nSPS) is 40.8. The molecule has 2 heterocycles. The fourth-order valence-corrected chi connectivity index (χ4v) is 11.8. The van der Waals surface area contributed by atoms with Crippen LogP contribution < -0.4 is 11.1 Å². The van der Waals surface area contributed by atoms with Gasteiger partial charge in [-0.1, -0.05) is 71.3 Å². The average molecular weight is 524 g/mol. The first-order valence-corrected chi connectivity index (χ1v) is 16.5. The van der Waals surface area contributed by atoms with Crippen LogP contribution in [0.1, 0.15) is 70.8 Å². The van der Waals surface area contributed by atoms with Gasteiger partial charge in [-0.3, -0.25) is 9.79 Å². The van der Waals surface area contributed by atoms with Gasteiger partial charge in [0.05, 0.1) is 5.54 Å². The molecule has 0 unspecified atom stereocenters. The lowest BCUT2D eigenvalue weighted by Gasteiger charge is -2.53. The zero-order valence-electron chi connectivity index (χ0n) is 21.9. The summed E-state index contributed by atoms with van der Waals surface area (Å²) >= 11 is 0. The van der Waals surface area contributed by atoms with Gasteiger partial charge >= 0.3 is 0 Å². The molecule has 2 fully saturated rings. The Bertz CT molecular complexity index is 1090. The Morgan fingerprint density at radius 3 is 2.83 bits per heavy atom. The van der Waals surface area contributed by atoms with Crippen molar-refractivity contribution in [2.45, 2.75) is 77.2 Å². The van der Waals surface area contributed by atoms with E-state index in [2.05, 4.69) is 54.5 Å². The molecule has 2 aliphatic heterocycles. The average Bonchev–Trinajstić information content (AvgIpc) is 3.21. The number of benzene rings is 1. The minimum atomic E-state index is -0.0932. The second kappa shape index (κ2) is 9.41. The molecule has 0 radical (unpaired) electrons. The second-order valence-electron chi connectivity index (χ2n) is 12.4. The number of carbonyl (C=O) groups is 1. The van der Waals surface area contributed by atoms with E-state index in [9.17, 15) is 4.79 Å². The molecule has 0 saturated heterocycles. The van der Waals surface area contributed by atoms with Gasteiger partial charge < -0.3 is 11.1 Å². The predicted molar refractivity (Wildman–Crippen MR) is 153 cm³/mol. The van der Waals surface area contributed by atoms with Gasteiger partial charge in [0.2, 0.25) is 0 Å². The summed E-state index contributed by atoms with van der Waals surface area (Å²) in [7, 11) is 4.08. The van der Waals surface area contributed by atoms with E-state index in [-0.39, 0.29) is 16.4 Å². The zero-order valence-corrected chi connectivity index (χ0v) is 23.5. The van der Waals surface area contributed by atoms with Gasteiger partial charge in [0, 0.05) is 35.8 Å². The number of allylic oxidation sites excluding steroid dienone is 2. The van der Waals surface area contributed by atoms with E-state index >= 15 is 0 Å². The molecule has 5 bridgehead atoms. The number of aliphatic imine (C=N–C) groups is 1. The van der Waals surface area contributed by atoms with Gasteiger partial charge in [0.1, 0.15) is 0 Å². The van der Waals surface area contributed by atoms with Gasteiger partial charge in [0.25, 0.3) is 0 Å². The number of rotatable bonds is 2. The van der Waals surface area contributed by atoms with Gasteiger partial charge in [-0.15, -0.1) is 0 Å². The Kier molecular flexibility index (Phi) is 6.51. The van der Waals surface area contributed by atoms with Crippen molar-refractivity contribution in [1.82, 2.24) is 5.32 Å². The van der Waals surface area contributed by atoms with Crippen molar-refractivity contribution in [2.24, 2.45) is 39.3 Å². The summed E-state index contributed by atoms with van der Waals surface area (Å²) in [6, 6.07) is 10.8. The number of guanidine groups is 1. The van der Waals surface area contributed by atoms with Crippen LogP contribution in [0, 0.1) is 28.6 Å². The molecule has 0 amide bonds. The van der Waals surface area contributed by atoms with E-state index < -0.39 is 0 Å². The zero-order chi connectivity index (χ0) is 25.0. The van der Waals surface area contributed by atoms with Crippen molar-refractivity contribution in [3.05, 3.63) is 47.0 Å². The van der Waals surface area contributed by atoms with Gasteiger partial charge in [0.15, 0.2) is 11.7 Å². The maximum atomic E-state index is 13.6. The highest BCUT2D eigenvalue weighted by Gasteiger charge is 2.67. The quantitative estimate of drug-likeness (QED) is 0.454. The molecule has 3 N–H and O–H groups in total. The lowest BCUT2D eigenvalue weighted by atomic mass is 9.51. The molecule has 1 aromatic rings. The smallest absolute Gasteiger partial charge is 0.189 e. The van der Waals surface area contributed by atoms with Crippen LogP contribution in [0.25, 0.3) is 0 Å². The SMILES string of the molecule is C[C@H]1CC[C@H]2CC3=C4CCC[C@]5(CSSCC[C@]2(C)[C@]31CC4=O)NC(N)=NC[C@H]5Cc1ccccc1. The molecule has 3 aliphatic carbocycles. The van der Waals surface area contributed by atoms with Crippen LogP contribution in [0.15, 0.2) is 46.5 Å². The van der Waals surface area contributed by atoms with E-state index in [0.717, 1.165) is 56.1 Å². The van der Waals surface area contributed by atoms with Crippen LogP contribution in [0.5, 0.6) is 0 Å². The maximum absolute atomic E-state index is 13.6. The van der Waals surface area contributed by atoms with Crippen molar-refractivity contribution in [2.75, 3.05) is 18.1 Å². The number of hydrogen-bond donors (Lipinski definition) is 2. The van der Waals surface area contributed by atoms with Crippen LogP contribution in [0.3, 0.4) is 0 Å². The van der Waals surface area contributed by atoms with Gasteiger partial charge in [-0.2, -0.15) is 0 Å². The van der Waals surface area contributed by atoms with Gasteiger partial charge in [-0.25, -0.2) is 0 Å². The Hall–Kier alpha value is -1.40.